The summed E-state index contributed by atoms with van der Waals surface area (Å²) in [7, 11) is 0. The van der Waals surface area contributed by atoms with E-state index >= 15 is 0 Å². The lowest BCUT2D eigenvalue weighted by molar-refractivity contribution is 1.18. The number of para-hydroxylation sites is 7. The zero-order valence-corrected chi connectivity index (χ0v) is 38.1. The Morgan fingerprint density at radius 1 is 0.183 bits per heavy atom. The molecule has 0 aliphatic rings. The molecule has 5 heteroatoms. The Bertz CT molecular complexity index is 5320. The number of fused-ring (bicyclic) bond motifs is 22. The van der Waals surface area contributed by atoms with Crippen LogP contribution in [0, 0.1) is 0 Å². The third-order valence-electron chi connectivity index (χ3n) is 16.3. The number of nitrogens with zero attached hydrogens (tertiary/aromatic N) is 5. The lowest BCUT2D eigenvalue weighted by atomic mass is 10.00. The molecule has 0 aliphatic heterocycles. The summed E-state index contributed by atoms with van der Waals surface area (Å²) < 4.78 is 12.6. The molecule has 0 spiro atoms. The smallest absolute Gasteiger partial charge is 0.0628 e. The third kappa shape index (κ3) is 4.36. The molecule has 0 atom stereocenters. The fourth-order valence-corrected chi connectivity index (χ4v) is 13.5. The Morgan fingerprint density at radius 2 is 0.549 bits per heavy atom. The van der Waals surface area contributed by atoms with Gasteiger partial charge in [-0.3, -0.25) is 0 Å². The molecule has 71 heavy (non-hydrogen) atoms. The monoisotopic (exact) mass is 899 g/mol. The minimum absolute atomic E-state index is 1.16. The second-order valence-electron chi connectivity index (χ2n) is 19.6. The van der Waals surface area contributed by atoms with Crippen LogP contribution in [0.1, 0.15) is 0 Å². The van der Waals surface area contributed by atoms with E-state index in [1.165, 1.54) is 147 Å². The summed E-state index contributed by atoms with van der Waals surface area (Å²) >= 11 is 0. The van der Waals surface area contributed by atoms with Gasteiger partial charge in [0.15, 0.2) is 0 Å². The highest BCUT2D eigenvalue weighted by atomic mass is 15.0. The standard InChI is InChI=1S/C66H37N5/c1-4-17-38(18-5-1)67-53-28-13-10-23-41(53)48-32-58-50(34-56(48)67)44-27-16-26-43-46-31-47-51-35-62-63(45-25-12-15-30-55(45)69(62)40-21-8-3-9-22-40)64-52-36-57-49(42-24-11-14-29-54(42)68(57)39-19-6-2-7-20-39)33-59(52)71(66(51)64)61(47)37-60(46)70(58)65(43)44/h1-37H. The SMILES string of the molecule is c1ccc(-n2c3ccccc3c3cc4c(cc32)c2cccc3c5cc6c7cc8c(c9ccccc9n8-c8ccccc8)c8c9cc%10c(cc9n(c6cc5n4c23)c78)c2ccccc2n%10-c2ccccc2)cc1. The van der Waals surface area contributed by atoms with Crippen LogP contribution in [0.15, 0.2) is 224 Å². The van der Waals surface area contributed by atoms with E-state index in [4.69, 9.17) is 0 Å². The first-order chi connectivity index (χ1) is 35.3. The van der Waals surface area contributed by atoms with E-state index in [1.54, 1.807) is 0 Å². The van der Waals surface area contributed by atoms with Crippen LogP contribution in [0.4, 0.5) is 0 Å². The molecule has 18 aromatic rings. The quantitative estimate of drug-likeness (QED) is 0.169. The largest absolute Gasteiger partial charge is 0.309 e. The fraction of sp³-hybridized carbons (Fsp3) is 0. The lowest BCUT2D eigenvalue weighted by Gasteiger charge is -2.09. The molecule has 326 valence electrons. The maximum absolute atomic E-state index is 2.62. The van der Waals surface area contributed by atoms with Gasteiger partial charge in [0.1, 0.15) is 0 Å². The summed E-state index contributed by atoms with van der Waals surface area (Å²) in [5.74, 6) is 0. The van der Waals surface area contributed by atoms with Crippen molar-refractivity contribution in [1.82, 2.24) is 22.5 Å². The van der Waals surface area contributed by atoms with Gasteiger partial charge in [-0.25, -0.2) is 0 Å². The lowest BCUT2D eigenvalue weighted by Crippen LogP contribution is -1.93. The summed E-state index contributed by atoms with van der Waals surface area (Å²) in [5.41, 5.74) is 18.2. The number of aromatic nitrogens is 5. The summed E-state index contributed by atoms with van der Waals surface area (Å²) in [5, 5.41) is 17.8. The Balaban J connectivity index is 1.05. The van der Waals surface area contributed by atoms with E-state index in [2.05, 4.69) is 247 Å². The molecule has 0 aliphatic carbocycles. The molecular weight excluding hydrogens is 863 g/mol. The Labute approximate surface area is 403 Å². The van der Waals surface area contributed by atoms with Gasteiger partial charge in [0.25, 0.3) is 0 Å². The van der Waals surface area contributed by atoms with Gasteiger partial charge in [0, 0.05) is 92.5 Å². The average Bonchev–Trinajstić information content (AvgIpc) is 4.29. The Morgan fingerprint density at radius 3 is 1.13 bits per heavy atom. The molecule has 0 unspecified atom stereocenters. The van der Waals surface area contributed by atoms with Gasteiger partial charge in [-0.2, -0.15) is 0 Å². The molecule has 0 amide bonds. The first-order valence-corrected chi connectivity index (χ1v) is 24.6. The van der Waals surface area contributed by atoms with Gasteiger partial charge < -0.3 is 22.5 Å². The molecule has 0 saturated carbocycles. The summed E-state index contributed by atoms with van der Waals surface area (Å²) in [4.78, 5) is 0. The first-order valence-electron chi connectivity index (χ1n) is 24.6. The molecule has 7 aromatic heterocycles. The topological polar surface area (TPSA) is 23.6 Å². The average molecular weight is 900 g/mol. The molecular formula is C66H37N5. The molecule has 7 heterocycles. The van der Waals surface area contributed by atoms with Crippen LogP contribution in [0.3, 0.4) is 0 Å². The zero-order valence-electron chi connectivity index (χ0n) is 38.1. The minimum atomic E-state index is 1.16. The van der Waals surface area contributed by atoms with Crippen molar-refractivity contribution in [3.63, 3.8) is 0 Å². The van der Waals surface area contributed by atoms with Crippen LogP contribution in [0.25, 0.3) is 159 Å². The maximum Gasteiger partial charge on any atom is 0.0628 e. The van der Waals surface area contributed by atoms with Crippen molar-refractivity contribution in [2.45, 2.75) is 0 Å². The third-order valence-corrected chi connectivity index (χ3v) is 16.3. The van der Waals surface area contributed by atoms with Crippen LogP contribution in [0.2, 0.25) is 0 Å². The van der Waals surface area contributed by atoms with E-state index in [0.717, 1.165) is 11.4 Å². The highest BCUT2D eigenvalue weighted by Crippen LogP contribution is 2.51. The normalized spacial score (nSPS) is 12.8. The van der Waals surface area contributed by atoms with Crippen molar-refractivity contribution in [1.29, 1.82) is 0 Å². The van der Waals surface area contributed by atoms with Gasteiger partial charge >= 0.3 is 0 Å². The van der Waals surface area contributed by atoms with E-state index in [1.807, 2.05) is 0 Å². The van der Waals surface area contributed by atoms with E-state index in [0.29, 0.717) is 0 Å². The van der Waals surface area contributed by atoms with E-state index in [-0.39, 0.29) is 0 Å². The van der Waals surface area contributed by atoms with Gasteiger partial charge in [-0.1, -0.05) is 127 Å². The first kappa shape index (κ1) is 36.5. The molecule has 0 fully saturated rings. The van der Waals surface area contributed by atoms with Crippen LogP contribution in [0.5, 0.6) is 0 Å². The summed E-state index contributed by atoms with van der Waals surface area (Å²) in [6, 6.07) is 83.8. The van der Waals surface area contributed by atoms with Crippen molar-refractivity contribution in [3.05, 3.63) is 224 Å². The highest BCUT2D eigenvalue weighted by molar-refractivity contribution is 6.38. The molecule has 11 aromatic carbocycles. The van der Waals surface area contributed by atoms with Gasteiger partial charge in [0.2, 0.25) is 0 Å². The van der Waals surface area contributed by atoms with Crippen molar-refractivity contribution in [2.75, 3.05) is 0 Å². The van der Waals surface area contributed by atoms with Crippen molar-refractivity contribution in [3.8, 4) is 17.1 Å². The predicted molar refractivity (Wildman–Crippen MR) is 299 cm³/mol. The van der Waals surface area contributed by atoms with Gasteiger partial charge in [-0.05, 0) is 97.1 Å². The van der Waals surface area contributed by atoms with Crippen molar-refractivity contribution < 1.29 is 0 Å². The number of rotatable bonds is 3. The number of benzene rings is 11. The molecule has 5 nitrogen and oxygen atoms in total. The zero-order chi connectivity index (χ0) is 45.8. The van der Waals surface area contributed by atoms with Gasteiger partial charge in [-0.15, -0.1) is 0 Å². The van der Waals surface area contributed by atoms with Crippen LogP contribution >= 0.6 is 0 Å². The second-order valence-corrected chi connectivity index (χ2v) is 19.6. The number of hydrogen-bond donors (Lipinski definition) is 0. The summed E-state index contributed by atoms with van der Waals surface area (Å²) in [6.07, 6.45) is 0. The molecule has 18 rings (SSSR count). The molecule has 0 N–H and O–H groups in total. The van der Waals surface area contributed by atoms with Crippen LogP contribution in [-0.4, -0.2) is 22.5 Å². The fourth-order valence-electron chi connectivity index (χ4n) is 13.5. The van der Waals surface area contributed by atoms with Crippen LogP contribution in [-0.2, 0) is 0 Å². The Kier molecular flexibility index (Phi) is 6.54. The van der Waals surface area contributed by atoms with Gasteiger partial charge in [0.05, 0.1) is 66.2 Å². The van der Waals surface area contributed by atoms with Crippen molar-refractivity contribution in [2.24, 2.45) is 0 Å². The minimum Gasteiger partial charge on any atom is -0.309 e. The Hall–Kier alpha value is -9.58. The van der Waals surface area contributed by atoms with E-state index in [9.17, 15) is 0 Å². The molecule has 0 saturated heterocycles. The highest BCUT2D eigenvalue weighted by Gasteiger charge is 2.28. The van der Waals surface area contributed by atoms with Crippen molar-refractivity contribution >= 4 is 142 Å². The second kappa shape index (κ2) is 12.7. The van der Waals surface area contributed by atoms with Crippen LogP contribution < -0.4 is 0 Å². The molecule has 0 radical (unpaired) electrons. The van der Waals surface area contributed by atoms with E-state index < -0.39 is 0 Å². The summed E-state index contributed by atoms with van der Waals surface area (Å²) in [6.45, 7) is 0. The maximum atomic E-state index is 2.62. The predicted octanol–water partition coefficient (Wildman–Crippen LogP) is 17.3. The number of hydrogen-bond acceptors (Lipinski definition) is 0. The molecule has 0 bridgehead atoms.